The van der Waals surface area contributed by atoms with Crippen LogP contribution in [-0.4, -0.2) is 21.2 Å². The zero-order valence-corrected chi connectivity index (χ0v) is 14.5. The van der Waals surface area contributed by atoms with Gasteiger partial charge >= 0.3 is 6.18 Å². The smallest absolute Gasteiger partial charge is 0.416 e. The molecule has 1 amide bonds. The minimum atomic E-state index is -4.49. The SMILES string of the molecule is O=C(Nc1cccc(C(F)(F)F)c1)c1ccc2c(O)nnc(I)c2c1. The summed E-state index contributed by atoms with van der Waals surface area (Å²) in [7, 11) is 0. The van der Waals surface area contributed by atoms with Gasteiger partial charge < -0.3 is 10.4 Å². The molecule has 3 aromatic rings. The van der Waals surface area contributed by atoms with E-state index in [4.69, 9.17) is 0 Å². The van der Waals surface area contributed by atoms with Crippen molar-refractivity contribution in [2.75, 3.05) is 5.32 Å². The number of anilines is 1. The number of fused-ring (bicyclic) bond motifs is 1. The number of carbonyl (C=O) groups excluding carboxylic acids is 1. The molecule has 0 spiro atoms. The van der Waals surface area contributed by atoms with E-state index in [1.807, 2.05) is 22.6 Å². The highest BCUT2D eigenvalue weighted by Gasteiger charge is 2.30. The summed E-state index contributed by atoms with van der Waals surface area (Å²) in [6, 6.07) is 8.82. The molecule has 0 aliphatic rings. The topological polar surface area (TPSA) is 75.1 Å². The van der Waals surface area contributed by atoms with Crippen LogP contribution in [0.4, 0.5) is 18.9 Å². The second kappa shape index (κ2) is 6.47. The Labute approximate surface area is 153 Å². The van der Waals surface area contributed by atoms with Crippen LogP contribution < -0.4 is 5.32 Å². The number of amides is 1. The summed E-state index contributed by atoms with van der Waals surface area (Å²) in [5.41, 5.74) is -0.598. The minimum absolute atomic E-state index is 0.0327. The normalized spacial score (nSPS) is 11.5. The standard InChI is InChI=1S/C16H9F3IN3O2/c17-16(18,19)9-2-1-3-10(7-9)21-14(24)8-4-5-11-12(6-8)13(20)22-23-15(11)25/h1-7H,(H,21,24)(H,23,25). The monoisotopic (exact) mass is 459 g/mol. The highest BCUT2D eigenvalue weighted by Crippen LogP contribution is 2.31. The molecule has 25 heavy (non-hydrogen) atoms. The summed E-state index contributed by atoms with van der Waals surface area (Å²) in [6.45, 7) is 0. The fourth-order valence-electron chi connectivity index (χ4n) is 2.23. The van der Waals surface area contributed by atoms with E-state index in [9.17, 15) is 23.1 Å². The lowest BCUT2D eigenvalue weighted by Gasteiger charge is -2.10. The number of nitrogens with zero attached hydrogens (tertiary/aromatic N) is 2. The van der Waals surface area contributed by atoms with E-state index in [-0.39, 0.29) is 17.1 Å². The van der Waals surface area contributed by atoms with Gasteiger partial charge in [0.1, 0.15) is 3.70 Å². The molecule has 1 heterocycles. The first-order valence-electron chi connectivity index (χ1n) is 6.89. The number of hydrogen-bond donors (Lipinski definition) is 2. The van der Waals surface area contributed by atoms with Gasteiger partial charge in [-0.2, -0.15) is 13.2 Å². The maximum absolute atomic E-state index is 12.7. The van der Waals surface area contributed by atoms with Crippen molar-refractivity contribution in [3.8, 4) is 5.88 Å². The zero-order valence-electron chi connectivity index (χ0n) is 12.3. The van der Waals surface area contributed by atoms with Gasteiger partial charge in [0, 0.05) is 22.0 Å². The minimum Gasteiger partial charge on any atom is -0.492 e. The second-order valence-electron chi connectivity index (χ2n) is 5.11. The second-order valence-corrected chi connectivity index (χ2v) is 6.13. The Bertz CT molecular complexity index is 976. The van der Waals surface area contributed by atoms with Gasteiger partial charge in [-0.3, -0.25) is 4.79 Å². The van der Waals surface area contributed by atoms with Crippen molar-refractivity contribution >= 4 is 45.0 Å². The van der Waals surface area contributed by atoms with Crippen LogP contribution in [0, 0.1) is 3.70 Å². The Morgan fingerprint density at radius 2 is 1.84 bits per heavy atom. The van der Waals surface area contributed by atoms with Gasteiger partial charge in [-0.1, -0.05) is 6.07 Å². The summed E-state index contributed by atoms with van der Waals surface area (Å²) >= 11 is 1.91. The van der Waals surface area contributed by atoms with Crippen molar-refractivity contribution in [1.29, 1.82) is 0 Å². The molecule has 9 heteroatoms. The molecule has 3 rings (SSSR count). The highest BCUT2D eigenvalue weighted by atomic mass is 127. The molecule has 0 radical (unpaired) electrons. The van der Waals surface area contributed by atoms with Crippen molar-refractivity contribution in [3.63, 3.8) is 0 Å². The Morgan fingerprint density at radius 1 is 1.08 bits per heavy atom. The van der Waals surface area contributed by atoms with Gasteiger partial charge in [0.05, 0.1) is 5.56 Å². The first-order valence-corrected chi connectivity index (χ1v) is 7.97. The summed E-state index contributed by atoms with van der Waals surface area (Å²) in [4.78, 5) is 12.3. The number of benzene rings is 2. The van der Waals surface area contributed by atoms with Gasteiger partial charge in [-0.05, 0) is 59.0 Å². The number of aromatic nitrogens is 2. The van der Waals surface area contributed by atoms with Crippen LogP contribution in [0.15, 0.2) is 42.5 Å². The Kier molecular flexibility index (Phi) is 4.50. The van der Waals surface area contributed by atoms with Crippen molar-refractivity contribution in [2.45, 2.75) is 6.18 Å². The van der Waals surface area contributed by atoms with Crippen molar-refractivity contribution < 1.29 is 23.1 Å². The molecule has 0 aliphatic heterocycles. The molecule has 0 aliphatic carbocycles. The molecule has 5 nitrogen and oxygen atoms in total. The van der Waals surface area contributed by atoms with Gasteiger partial charge in [-0.15, -0.1) is 10.2 Å². The Hall–Kier alpha value is -2.43. The zero-order chi connectivity index (χ0) is 18.2. The summed E-state index contributed by atoms with van der Waals surface area (Å²) < 4.78 is 38.7. The van der Waals surface area contributed by atoms with E-state index in [1.54, 1.807) is 0 Å². The molecule has 0 fully saturated rings. The number of carbonyl (C=O) groups is 1. The van der Waals surface area contributed by atoms with Crippen LogP contribution in [0.2, 0.25) is 0 Å². The van der Waals surface area contributed by atoms with Crippen molar-refractivity contribution in [1.82, 2.24) is 10.2 Å². The van der Waals surface area contributed by atoms with E-state index in [1.165, 1.54) is 30.3 Å². The maximum Gasteiger partial charge on any atom is 0.416 e. The van der Waals surface area contributed by atoms with E-state index in [0.29, 0.717) is 14.5 Å². The Morgan fingerprint density at radius 3 is 2.56 bits per heavy atom. The van der Waals surface area contributed by atoms with Crippen molar-refractivity contribution in [3.05, 3.63) is 57.3 Å². The first-order chi connectivity index (χ1) is 11.8. The molecule has 0 unspecified atom stereocenters. The number of aromatic hydroxyl groups is 1. The lowest BCUT2D eigenvalue weighted by molar-refractivity contribution is -0.137. The molecule has 1 aromatic heterocycles. The molecular weight excluding hydrogens is 450 g/mol. The molecular formula is C16H9F3IN3O2. The number of halogens is 4. The number of alkyl halides is 3. The fraction of sp³-hybridized carbons (Fsp3) is 0.0625. The highest BCUT2D eigenvalue weighted by molar-refractivity contribution is 14.1. The van der Waals surface area contributed by atoms with Gasteiger partial charge in [0.25, 0.3) is 5.91 Å². The molecule has 0 bridgehead atoms. The lowest BCUT2D eigenvalue weighted by Crippen LogP contribution is -2.13. The third kappa shape index (κ3) is 3.65. The number of nitrogens with one attached hydrogen (secondary N) is 1. The third-order valence-corrected chi connectivity index (χ3v) is 4.22. The lowest BCUT2D eigenvalue weighted by atomic mass is 10.1. The average molecular weight is 459 g/mol. The Balaban J connectivity index is 1.92. The van der Waals surface area contributed by atoms with E-state index in [0.717, 1.165) is 12.1 Å². The quantitative estimate of drug-likeness (QED) is 0.564. The van der Waals surface area contributed by atoms with Crippen LogP contribution in [0.1, 0.15) is 15.9 Å². The van der Waals surface area contributed by atoms with Crippen LogP contribution in [0.25, 0.3) is 10.8 Å². The van der Waals surface area contributed by atoms with Gasteiger partial charge in [0.15, 0.2) is 0 Å². The van der Waals surface area contributed by atoms with Gasteiger partial charge in [-0.25, -0.2) is 0 Å². The van der Waals surface area contributed by atoms with E-state index >= 15 is 0 Å². The molecule has 2 N–H and O–H groups in total. The predicted molar refractivity (Wildman–Crippen MR) is 93.3 cm³/mol. The van der Waals surface area contributed by atoms with Crippen LogP contribution in [-0.2, 0) is 6.18 Å². The number of rotatable bonds is 2. The molecule has 0 saturated carbocycles. The largest absolute Gasteiger partial charge is 0.492 e. The van der Waals surface area contributed by atoms with Crippen molar-refractivity contribution in [2.24, 2.45) is 0 Å². The molecule has 128 valence electrons. The summed E-state index contributed by atoms with van der Waals surface area (Å²) in [5, 5.41) is 20.4. The first kappa shape index (κ1) is 17.4. The molecule has 0 atom stereocenters. The third-order valence-electron chi connectivity index (χ3n) is 3.43. The summed E-state index contributed by atoms with van der Waals surface area (Å²) in [6.07, 6.45) is -4.49. The van der Waals surface area contributed by atoms with Crippen LogP contribution in [0.5, 0.6) is 5.88 Å². The predicted octanol–water partition coefficient (Wildman–Crippen LogP) is 4.21. The fourth-order valence-corrected chi connectivity index (χ4v) is 2.78. The molecule has 2 aromatic carbocycles. The van der Waals surface area contributed by atoms with E-state index < -0.39 is 17.6 Å². The summed E-state index contributed by atoms with van der Waals surface area (Å²) in [5.74, 6) is -0.839. The van der Waals surface area contributed by atoms with Crippen LogP contribution >= 0.6 is 22.6 Å². The number of hydrogen-bond acceptors (Lipinski definition) is 4. The average Bonchev–Trinajstić information content (AvgIpc) is 2.57. The maximum atomic E-state index is 12.7. The van der Waals surface area contributed by atoms with E-state index in [2.05, 4.69) is 15.5 Å². The van der Waals surface area contributed by atoms with Crippen LogP contribution in [0.3, 0.4) is 0 Å². The van der Waals surface area contributed by atoms with Gasteiger partial charge in [0.2, 0.25) is 5.88 Å². The molecule has 0 saturated heterocycles.